The van der Waals surface area contributed by atoms with Crippen molar-refractivity contribution in [3.8, 4) is 0 Å². The zero-order chi connectivity index (χ0) is 34.3. The molecule has 0 bridgehead atoms. The quantitative estimate of drug-likeness (QED) is 0.153. The number of nitro benzene ring substituents is 1. The molecule has 0 aliphatic carbocycles. The maximum atomic E-state index is 14.2. The van der Waals surface area contributed by atoms with Crippen molar-refractivity contribution < 1.29 is 24.0 Å². The molecule has 0 amide bonds. The fraction of sp³-hybridized carbons (Fsp3) is 0.385. The number of hydrogen-bond acceptors (Lipinski definition) is 9. The highest BCUT2D eigenvalue weighted by Crippen LogP contribution is 2.41. The number of piperidine rings is 2. The average molecular weight is 665 g/mol. The van der Waals surface area contributed by atoms with Crippen LogP contribution < -0.4 is 5.32 Å². The first kappa shape index (κ1) is 34.1. The third-order valence-electron chi connectivity index (χ3n) is 9.58. The van der Waals surface area contributed by atoms with Crippen molar-refractivity contribution in [2.75, 3.05) is 26.2 Å². The first-order valence-electron chi connectivity index (χ1n) is 17.1. The predicted molar refractivity (Wildman–Crippen MR) is 186 cm³/mol. The summed E-state index contributed by atoms with van der Waals surface area (Å²) in [5, 5.41) is 15.1. The van der Waals surface area contributed by atoms with Crippen molar-refractivity contribution in [3.63, 3.8) is 0 Å². The number of nitrogens with zero attached hydrogens (tertiary/aromatic N) is 3. The van der Waals surface area contributed by atoms with Crippen LogP contribution in [0, 0.1) is 10.1 Å². The number of nitrogens with one attached hydrogen (secondary N) is 1. The van der Waals surface area contributed by atoms with Gasteiger partial charge in [0.25, 0.3) is 5.69 Å². The predicted octanol–water partition coefficient (Wildman–Crippen LogP) is 6.25. The topological polar surface area (TPSA) is 114 Å². The lowest BCUT2D eigenvalue weighted by Crippen LogP contribution is -2.42. The number of nitro groups is 1. The van der Waals surface area contributed by atoms with E-state index < -0.39 is 22.8 Å². The van der Waals surface area contributed by atoms with E-state index in [1.807, 2.05) is 36.4 Å². The summed E-state index contributed by atoms with van der Waals surface area (Å²) in [5.41, 5.74) is 4.32. The Balaban J connectivity index is 1.23. The zero-order valence-corrected chi connectivity index (χ0v) is 28.2. The van der Waals surface area contributed by atoms with Crippen LogP contribution in [-0.4, -0.2) is 65.0 Å². The molecule has 0 aromatic heterocycles. The molecule has 2 atom stereocenters. The molecule has 10 nitrogen and oxygen atoms in total. The molecule has 1 N–H and O–H groups in total. The molecule has 3 aliphatic rings. The number of esters is 2. The van der Waals surface area contributed by atoms with Crippen LogP contribution in [0.15, 0.2) is 107 Å². The molecule has 3 heterocycles. The van der Waals surface area contributed by atoms with Crippen LogP contribution >= 0.6 is 0 Å². The average Bonchev–Trinajstić information content (AvgIpc) is 3.09. The standard InChI is InChI=1S/C39H44N4O6/c1-27-35(38(44)48-33-18-10-20-41(25-33)23-29-12-5-3-6-13-29)37(31-16-9-17-32(22-31)43(46)47)36(28(2)40-27)39(45)49-34-19-11-21-42(26-34)24-30-14-7-4-8-15-30/h3-9,12-17,22,33-34,37,40H,10-11,18-21,23-26H2,1-2H3/t33-,34-/m0/s1. The maximum Gasteiger partial charge on any atom is 0.337 e. The molecular weight excluding hydrogens is 620 g/mol. The fourth-order valence-corrected chi connectivity index (χ4v) is 7.31. The number of benzene rings is 3. The van der Waals surface area contributed by atoms with E-state index in [-0.39, 0.29) is 29.0 Å². The molecule has 2 saturated heterocycles. The number of hydrogen-bond donors (Lipinski definition) is 1. The van der Waals surface area contributed by atoms with Gasteiger partial charge in [-0.1, -0.05) is 72.8 Å². The second-order valence-corrected chi connectivity index (χ2v) is 13.3. The first-order valence-corrected chi connectivity index (χ1v) is 17.1. The number of non-ortho nitro benzene ring substituents is 1. The summed E-state index contributed by atoms with van der Waals surface area (Å²) in [6.07, 6.45) is 2.54. The number of carbonyl (C=O) groups is 2. The number of ether oxygens (including phenoxy) is 2. The molecule has 0 radical (unpaired) electrons. The maximum absolute atomic E-state index is 14.2. The van der Waals surface area contributed by atoms with Crippen LogP contribution in [0.4, 0.5) is 5.69 Å². The monoisotopic (exact) mass is 664 g/mol. The van der Waals surface area contributed by atoms with Gasteiger partial charge in [0.15, 0.2) is 0 Å². The molecule has 3 aliphatic heterocycles. The second-order valence-electron chi connectivity index (χ2n) is 13.3. The van der Waals surface area contributed by atoms with Gasteiger partial charge in [0.1, 0.15) is 12.2 Å². The van der Waals surface area contributed by atoms with Gasteiger partial charge < -0.3 is 14.8 Å². The third-order valence-corrected chi connectivity index (χ3v) is 9.58. The van der Waals surface area contributed by atoms with Crippen molar-refractivity contribution in [1.82, 2.24) is 15.1 Å². The van der Waals surface area contributed by atoms with Gasteiger partial charge in [0.2, 0.25) is 0 Å². The Morgan fingerprint density at radius 1 is 0.755 bits per heavy atom. The van der Waals surface area contributed by atoms with E-state index in [1.165, 1.54) is 23.3 Å². The van der Waals surface area contributed by atoms with Crippen LogP contribution in [0.25, 0.3) is 0 Å². The molecule has 3 aromatic carbocycles. The van der Waals surface area contributed by atoms with Crippen LogP contribution in [0.2, 0.25) is 0 Å². The van der Waals surface area contributed by atoms with Crippen LogP contribution in [-0.2, 0) is 32.2 Å². The van der Waals surface area contributed by atoms with Gasteiger partial charge in [0, 0.05) is 49.7 Å². The van der Waals surface area contributed by atoms with Crippen LogP contribution in [0.1, 0.15) is 62.1 Å². The van der Waals surface area contributed by atoms with Crippen molar-refractivity contribution in [2.24, 2.45) is 0 Å². The summed E-state index contributed by atoms with van der Waals surface area (Å²) in [6, 6.07) is 26.5. The Labute approximate surface area is 287 Å². The third kappa shape index (κ3) is 8.44. The molecular formula is C39H44N4O6. The second kappa shape index (κ2) is 15.6. The Morgan fingerprint density at radius 2 is 1.24 bits per heavy atom. The highest BCUT2D eigenvalue weighted by Gasteiger charge is 2.40. The Bertz CT molecular complexity index is 1630. The number of rotatable bonds is 10. The minimum Gasteiger partial charge on any atom is -0.458 e. The lowest BCUT2D eigenvalue weighted by atomic mass is 9.80. The zero-order valence-electron chi connectivity index (χ0n) is 28.2. The fourth-order valence-electron chi connectivity index (χ4n) is 7.31. The van der Waals surface area contributed by atoms with Gasteiger partial charge in [-0.3, -0.25) is 19.9 Å². The van der Waals surface area contributed by atoms with Gasteiger partial charge in [-0.05, 0) is 69.3 Å². The van der Waals surface area contributed by atoms with Crippen LogP contribution in [0.5, 0.6) is 0 Å². The normalized spacial score (nSPS) is 20.9. The molecule has 2 fully saturated rings. The molecule has 0 spiro atoms. The molecule has 0 unspecified atom stereocenters. The van der Waals surface area contributed by atoms with Crippen molar-refractivity contribution in [1.29, 1.82) is 0 Å². The van der Waals surface area contributed by atoms with E-state index >= 15 is 0 Å². The first-order chi connectivity index (χ1) is 23.7. The number of likely N-dealkylation sites (tertiary alicyclic amines) is 2. The van der Waals surface area contributed by atoms with Gasteiger partial charge >= 0.3 is 11.9 Å². The lowest BCUT2D eigenvalue weighted by molar-refractivity contribution is -0.384. The summed E-state index contributed by atoms with van der Waals surface area (Å²) >= 11 is 0. The Hall–Kier alpha value is -4.80. The highest BCUT2D eigenvalue weighted by atomic mass is 16.6. The highest BCUT2D eigenvalue weighted by molar-refractivity contribution is 6.00. The number of dihydropyridines is 1. The molecule has 49 heavy (non-hydrogen) atoms. The lowest BCUT2D eigenvalue weighted by Gasteiger charge is -2.36. The van der Waals surface area contributed by atoms with Crippen molar-refractivity contribution in [3.05, 3.63) is 134 Å². The Kier molecular flexibility index (Phi) is 10.9. The van der Waals surface area contributed by atoms with Crippen molar-refractivity contribution in [2.45, 2.75) is 70.7 Å². The van der Waals surface area contributed by atoms with E-state index in [0.29, 0.717) is 30.0 Å². The Morgan fingerprint density at radius 3 is 1.71 bits per heavy atom. The van der Waals surface area contributed by atoms with E-state index in [9.17, 15) is 19.7 Å². The van der Waals surface area contributed by atoms with E-state index in [2.05, 4.69) is 39.4 Å². The van der Waals surface area contributed by atoms with E-state index in [4.69, 9.17) is 9.47 Å². The summed E-state index contributed by atoms with van der Waals surface area (Å²) in [6.45, 7) is 8.07. The minimum absolute atomic E-state index is 0.126. The summed E-state index contributed by atoms with van der Waals surface area (Å²) in [7, 11) is 0. The SMILES string of the molecule is CC1=C(C(=O)O[C@H]2CCCN(Cc3ccccc3)C2)C(c2cccc([N+](=O)[O-])c2)C(C(=O)O[C@H]2CCCN(Cc3ccccc3)C2)=C(C)N1. The summed E-state index contributed by atoms with van der Waals surface area (Å²) in [5.74, 6) is -2.00. The summed E-state index contributed by atoms with van der Waals surface area (Å²) < 4.78 is 12.4. The van der Waals surface area contributed by atoms with Gasteiger partial charge in [-0.15, -0.1) is 0 Å². The number of carbonyl (C=O) groups excluding carboxylic acids is 2. The molecule has 10 heteroatoms. The van der Waals surface area contributed by atoms with Crippen LogP contribution in [0.3, 0.4) is 0 Å². The van der Waals surface area contributed by atoms with E-state index in [1.54, 1.807) is 26.0 Å². The largest absolute Gasteiger partial charge is 0.458 e. The summed E-state index contributed by atoms with van der Waals surface area (Å²) in [4.78, 5) is 44.3. The molecule has 3 aromatic rings. The minimum atomic E-state index is -0.908. The number of allylic oxidation sites excluding steroid dienone is 2. The van der Waals surface area contributed by atoms with Crippen molar-refractivity contribution >= 4 is 17.6 Å². The molecule has 6 rings (SSSR count). The van der Waals surface area contributed by atoms with Gasteiger partial charge in [0.05, 0.1) is 22.0 Å². The van der Waals surface area contributed by atoms with E-state index in [0.717, 1.165) is 51.9 Å². The van der Waals surface area contributed by atoms with Gasteiger partial charge in [-0.2, -0.15) is 0 Å². The van der Waals surface area contributed by atoms with Gasteiger partial charge in [-0.25, -0.2) is 9.59 Å². The smallest absolute Gasteiger partial charge is 0.337 e. The molecule has 256 valence electrons. The molecule has 0 saturated carbocycles.